The summed E-state index contributed by atoms with van der Waals surface area (Å²) < 4.78 is 10.7. The average molecular weight is 329 g/mol. The van der Waals surface area contributed by atoms with Crippen LogP contribution in [-0.4, -0.2) is 25.2 Å². The Hall–Kier alpha value is -1.36. The zero-order chi connectivity index (χ0) is 14.3. The van der Waals surface area contributed by atoms with Crippen molar-refractivity contribution in [3.05, 3.63) is 33.8 Å². The lowest BCUT2D eigenvalue weighted by atomic mass is 10.0. The molecular formula is C14H17BrO4. The Kier molecular flexibility index (Phi) is 6.56. The fraction of sp³-hybridized carbons (Fsp3) is 0.429. The molecule has 0 saturated heterocycles. The van der Waals surface area contributed by atoms with Crippen LogP contribution in [0.2, 0.25) is 0 Å². The number of carbonyl (C=O) groups excluding carboxylic acids is 2. The van der Waals surface area contributed by atoms with E-state index in [1.165, 1.54) is 0 Å². The van der Waals surface area contributed by atoms with Gasteiger partial charge in [-0.1, -0.05) is 22.0 Å². The van der Waals surface area contributed by atoms with E-state index in [4.69, 9.17) is 9.47 Å². The van der Waals surface area contributed by atoms with E-state index in [-0.39, 0.29) is 18.4 Å². The highest BCUT2D eigenvalue weighted by atomic mass is 79.9. The van der Waals surface area contributed by atoms with Crippen LogP contribution >= 0.6 is 15.9 Å². The van der Waals surface area contributed by atoms with Gasteiger partial charge in [0.2, 0.25) is 0 Å². The molecule has 1 rings (SSSR count). The SMILES string of the molecule is CCOC(=O)CCc1c(Br)cccc1C(=O)OCC. The van der Waals surface area contributed by atoms with E-state index in [0.717, 1.165) is 10.0 Å². The fourth-order valence-electron chi connectivity index (χ4n) is 1.67. The van der Waals surface area contributed by atoms with Gasteiger partial charge in [-0.15, -0.1) is 0 Å². The number of esters is 2. The molecule has 0 bridgehead atoms. The molecule has 0 aromatic heterocycles. The highest BCUT2D eigenvalue weighted by molar-refractivity contribution is 9.10. The summed E-state index contributed by atoms with van der Waals surface area (Å²) in [7, 11) is 0. The summed E-state index contributed by atoms with van der Waals surface area (Å²) in [5.41, 5.74) is 1.26. The maximum atomic E-state index is 11.8. The molecule has 104 valence electrons. The quantitative estimate of drug-likeness (QED) is 0.753. The molecule has 5 heteroatoms. The third-order valence-electron chi connectivity index (χ3n) is 2.50. The van der Waals surface area contributed by atoms with Gasteiger partial charge in [-0.05, 0) is 38.0 Å². The van der Waals surface area contributed by atoms with E-state index in [0.29, 0.717) is 25.2 Å². The first-order valence-electron chi connectivity index (χ1n) is 6.20. The van der Waals surface area contributed by atoms with Crippen LogP contribution < -0.4 is 0 Å². The summed E-state index contributed by atoms with van der Waals surface area (Å²) in [5, 5.41) is 0. The molecule has 0 radical (unpaired) electrons. The van der Waals surface area contributed by atoms with Gasteiger partial charge in [-0.25, -0.2) is 4.79 Å². The maximum Gasteiger partial charge on any atom is 0.338 e. The molecule has 1 aromatic carbocycles. The van der Waals surface area contributed by atoms with Gasteiger partial charge in [0, 0.05) is 10.9 Å². The Morgan fingerprint density at radius 2 is 1.84 bits per heavy atom. The lowest BCUT2D eigenvalue weighted by molar-refractivity contribution is -0.143. The van der Waals surface area contributed by atoms with E-state index in [2.05, 4.69) is 15.9 Å². The Morgan fingerprint density at radius 1 is 1.16 bits per heavy atom. The number of halogens is 1. The second-order valence-corrected chi connectivity index (χ2v) is 4.65. The fourth-order valence-corrected chi connectivity index (χ4v) is 2.24. The maximum absolute atomic E-state index is 11.8. The summed E-state index contributed by atoms with van der Waals surface area (Å²) in [6.07, 6.45) is 0.678. The topological polar surface area (TPSA) is 52.6 Å². The molecule has 0 spiro atoms. The van der Waals surface area contributed by atoms with Crippen molar-refractivity contribution >= 4 is 27.9 Å². The highest BCUT2D eigenvalue weighted by Gasteiger charge is 2.16. The third kappa shape index (κ3) is 4.67. The molecule has 0 saturated carbocycles. The van der Waals surface area contributed by atoms with Crippen molar-refractivity contribution < 1.29 is 19.1 Å². The minimum absolute atomic E-state index is 0.239. The zero-order valence-corrected chi connectivity index (χ0v) is 12.7. The minimum Gasteiger partial charge on any atom is -0.466 e. The van der Waals surface area contributed by atoms with Gasteiger partial charge in [0.15, 0.2) is 0 Å². The molecule has 0 atom stereocenters. The zero-order valence-electron chi connectivity index (χ0n) is 11.1. The van der Waals surface area contributed by atoms with E-state index in [1.54, 1.807) is 26.0 Å². The summed E-state index contributed by atoms with van der Waals surface area (Å²) in [5.74, 6) is -0.643. The molecule has 0 unspecified atom stereocenters. The predicted molar refractivity (Wildman–Crippen MR) is 75.1 cm³/mol. The number of rotatable bonds is 6. The molecular weight excluding hydrogens is 312 g/mol. The van der Waals surface area contributed by atoms with Crippen LogP contribution in [0, 0.1) is 0 Å². The summed E-state index contributed by atoms with van der Waals surface area (Å²) in [6.45, 7) is 4.21. The van der Waals surface area contributed by atoms with Crippen molar-refractivity contribution in [1.82, 2.24) is 0 Å². The molecule has 0 heterocycles. The minimum atomic E-state index is -0.373. The van der Waals surface area contributed by atoms with Crippen molar-refractivity contribution in [2.24, 2.45) is 0 Å². The van der Waals surface area contributed by atoms with Gasteiger partial charge in [0.25, 0.3) is 0 Å². The van der Waals surface area contributed by atoms with Gasteiger partial charge in [-0.2, -0.15) is 0 Å². The number of hydrogen-bond acceptors (Lipinski definition) is 4. The molecule has 0 N–H and O–H groups in total. The van der Waals surface area contributed by atoms with Crippen LogP contribution in [0.1, 0.15) is 36.2 Å². The van der Waals surface area contributed by atoms with Crippen LogP contribution in [0.5, 0.6) is 0 Å². The Balaban J connectivity index is 2.86. The van der Waals surface area contributed by atoms with Gasteiger partial charge in [0.05, 0.1) is 18.8 Å². The molecule has 0 aliphatic rings. The summed E-state index contributed by atoms with van der Waals surface area (Å²) in [4.78, 5) is 23.2. The van der Waals surface area contributed by atoms with Crippen molar-refractivity contribution in [3.8, 4) is 0 Å². The largest absolute Gasteiger partial charge is 0.466 e. The van der Waals surface area contributed by atoms with Crippen molar-refractivity contribution in [2.75, 3.05) is 13.2 Å². The third-order valence-corrected chi connectivity index (χ3v) is 3.24. The summed E-state index contributed by atoms with van der Waals surface area (Å²) in [6, 6.07) is 5.30. The van der Waals surface area contributed by atoms with Crippen molar-refractivity contribution in [2.45, 2.75) is 26.7 Å². The van der Waals surface area contributed by atoms with Crippen LogP contribution in [0.4, 0.5) is 0 Å². The van der Waals surface area contributed by atoms with E-state index in [9.17, 15) is 9.59 Å². The van der Waals surface area contributed by atoms with Crippen LogP contribution in [0.25, 0.3) is 0 Å². The average Bonchev–Trinajstić information content (AvgIpc) is 2.37. The first kappa shape index (κ1) is 15.7. The van der Waals surface area contributed by atoms with Crippen molar-refractivity contribution in [1.29, 1.82) is 0 Å². The summed E-state index contributed by atoms with van der Waals surface area (Å²) >= 11 is 3.40. The lowest BCUT2D eigenvalue weighted by Crippen LogP contribution is -2.11. The predicted octanol–water partition coefficient (Wildman–Crippen LogP) is 3.12. The van der Waals surface area contributed by atoms with Crippen molar-refractivity contribution in [3.63, 3.8) is 0 Å². The smallest absolute Gasteiger partial charge is 0.338 e. The molecule has 0 fully saturated rings. The molecule has 4 nitrogen and oxygen atoms in total. The molecule has 1 aromatic rings. The van der Waals surface area contributed by atoms with Gasteiger partial charge < -0.3 is 9.47 Å². The molecule has 0 aliphatic heterocycles. The number of ether oxygens (including phenoxy) is 2. The monoisotopic (exact) mass is 328 g/mol. The normalized spacial score (nSPS) is 10.1. The molecule has 0 aliphatic carbocycles. The standard InChI is InChI=1S/C14H17BrO4/c1-3-18-13(16)9-8-10-11(14(17)19-4-2)6-5-7-12(10)15/h5-7H,3-4,8-9H2,1-2H3. The Labute approximate surface area is 121 Å². The van der Waals surface area contributed by atoms with Gasteiger partial charge >= 0.3 is 11.9 Å². The number of hydrogen-bond donors (Lipinski definition) is 0. The Morgan fingerprint density at radius 3 is 2.47 bits per heavy atom. The van der Waals surface area contributed by atoms with E-state index < -0.39 is 0 Å². The van der Waals surface area contributed by atoms with Crippen LogP contribution in [0.15, 0.2) is 22.7 Å². The van der Waals surface area contributed by atoms with Gasteiger partial charge in [-0.3, -0.25) is 4.79 Å². The van der Waals surface area contributed by atoms with Gasteiger partial charge in [0.1, 0.15) is 0 Å². The van der Waals surface area contributed by atoms with E-state index >= 15 is 0 Å². The second kappa shape index (κ2) is 7.94. The number of benzene rings is 1. The van der Waals surface area contributed by atoms with E-state index in [1.807, 2.05) is 6.07 Å². The molecule has 0 amide bonds. The first-order valence-corrected chi connectivity index (χ1v) is 6.99. The van der Waals surface area contributed by atoms with Crippen LogP contribution in [0.3, 0.4) is 0 Å². The highest BCUT2D eigenvalue weighted by Crippen LogP contribution is 2.23. The Bertz CT molecular complexity index is 457. The second-order valence-electron chi connectivity index (χ2n) is 3.79. The van der Waals surface area contributed by atoms with Crippen LogP contribution in [-0.2, 0) is 20.7 Å². The lowest BCUT2D eigenvalue weighted by Gasteiger charge is -2.10. The first-order chi connectivity index (χ1) is 9.10. The molecule has 19 heavy (non-hydrogen) atoms. The number of carbonyl (C=O) groups is 2.